The average molecular weight is 219 g/mol. The summed E-state index contributed by atoms with van der Waals surface area (Å²) < 4.78 is 0. The van der Waals surface area contributed by atoms with Crippen LogP contribution in [0.2, 0.25) is 0 Å². The third-order valence-electron chi connectivity index (χ3n) is 2.24. The molecule has 0 fully saturated rings. The third-order valence-corrected chi connectivity index (χ3v) is 3.37. The van der Waals surface area contributed by atoms with Crippen LogP contribution in [0.1, 0.15) is 24.6 Å². The van der Waals surface area contributed by atoms with Crippen LogP contribution in [0.15, 0.2) is 29.8 Å². The fraction of sp³-hybridized carbons (Fsp3) is 0.250. The van der Waals surface area contributed by atoms with Crippen molar-refractivity contribution < 1.29 is 5.11 Å². The Hall–Kier alpha value is -1.35. The summed E-state index contributed by atoms with van der Waals surface area (Å²) in [6.07, 6.45) is 0. The van der Waals surface area contributed by atoms with Crippen molar-refractivity contribution in [3.05, 3.63) is 34.7 Å². The van der Waals surface area contributed by atoms with E-state index >= 15 is 0 Å². The van der Waals surface area contributed by atoms with Crippen LogP contribution in [0.3, 0.4) is 0 Å². The van der Waals surface area contributed by atoms with E-state index in [-0.39, 0.29) is 5.75 Å². The summed E-state index contributed by atoms with van der Waals surface area (Å²) in [4.78, 5) is 5.62. The zero-order chi connectivity index (χ0) is 10.8. The number of phenols is 1. The Labute approximate surface area is 93.2 Å². The maximum absolute atomic E-state index is 9.42. The van der Waals surface area contributed by atoms with Crippen molar-refractivity contribution in [1.29, 1.82) is 0 Å². The number of nitrogens with zero attached hydrogens (tertiary/aromatic N) is 1. The number of hydrogen-bond donors (Lipinski definition) is 1. The molecule has 0 bridgehead atoms. The molecule has 78 valence electrons. The molecule has 1 heterocycles. The Morgan fingerprint density at radius 2 is 2.13 bits per heavy atom. The molecule has 3 heteroatoms. The summed E-state index contributed by atoms with van der Waals surface area (Å²) in [6.45, 7) is 4.31. The van der Waals surface area contributed by atoms with Gasteiger partial charge >= 0.3 is 0 Å². The van der Waals surface area contributed by atoms with E-state index in [0.29, 0.717) is 5.92 Å². The molecule has 2 rings (SSSR count). The molecule has 1 N–H and O–H groups in total. The lowest BCUT2D eigenvalue weighted by atomic mass is 10.1. The normalized spacial score (nSPS) is 10.9. The Bertz CT molecular complexity index is 462. The summed E-state index contributed by atoms with van der Waals surface area (Å²) >= 11 is 1.67. The van der Waals surface area contributed by atoms with E-state index in [1.54, 1.807) is 23.5 Å². The Balaban J connectivity index is 2.49. The van der Waals surface area contributed by atoms with Crippen LogP contribution in [0, 0.1) is 0 Å². The second-order valence-corrected chi connectivity index (χ2v) is 4.66. The number of benzene rings is 1. The third kappa shape index (κ3) is 2.02. The van der Waals surface area contributed by atoms with Gasteiger partial charge in [0.05, 0.1) is 11.2 Å². The minimum atomic E-state index is 0.287. The highest BCUT2D eigenvalue weighted by molar-refractivity contribution is 7.10. The number of thiazole rings is 1. The van der Waals surface area contributed by atoms with E-state index < -0.39 is 0 Å². The molecule has 0 spiro atoms. The number of hydrogen-bond acceptors (Lipinski definition) is 3. The molecule has 1 aromatic heterocycles. The second kappa shape index (κ2) is 4.03. The summed E-state index contributed by atoms with van der Waals surface area (Å²) in [5.41, 5.74) is 3.83. The first-order valence-electron chi connectivity index (χ1n) is 4.91. The fourth-order valence-corrected chi connectivity index (χ4v) is 2.36. The van der Waals surface area contributed by atoms with Crippen molar-refractivity contribution in [2.24, 2.45) is 0 Å². The maximum atomic E-state index is 9.42. The minimum Gasteiger partial charge on any atom is -0.508 e. The Kier molecular flexibility index (Phi) is 2.73. The molecule has 0 unspecified atom stereocenters. The highest BCUT2D eigenvalue weighted by Crippen LogP contribution is 2.32. The first-order chi connectivity index (χ1) is 7.18. The van der Waals surface area contributed by atoms with Gasteiger partial charge in [0, 0.05) is 10.4 Å². The summed E-state index contributed by atoms with van der Waals surface area (Å²) in [7, 11) is 0. The highest BCUT2D eigenvalue weighted by Gasteiger charge is 2.11. The molecule has 0 amide bonds. The monoisotopic (exact) mass is 219 g/mol. The molecule has 0 aliphatic carbocycles. The van der Waals surface area contributed by atoms with E-state index in [4.69, 9.17) is 0 Å². The van der Waals surface area contributed by atoms with Gasteiger partial charge in [-0.15, -0.1) is 11.3 Å². The van der Waals surface area contributed by atoms with E-state index in [0.717, 1.165) is 11.3 Å². The van der Waals surface area contributed by atoms with Crippen molar-refractivity contribution in [2.75, 3.05) is 0 Å². The van der Waals surface area contributed by atoms with Gasteiger partial charge in [-0.05, 0) is 18.1 Å². The van der Waals surface area contributed by atoms with Crippen LogP contribution in [0.4, 0.5) is 0 Å². The van der Waals surface area contributed by atoms with Gasteiger partial charge in [-0.2, -0.15) is 0 Å². The standard InChI is InChI=1S/C12H13NOS/c1-8(2)12-11(13-7-15-12)9-4-3-5-10(14)6-9/h3-8,14H,1-2H3. The van der Waals surface area contributed by atoms with Crippen molar-refractivity contribution in [3.8, 4) is 17.0 Å². The molecule has 15 heavy (non-hydrogen) atoms. The quantitative estimate of drug-likeness (QED) is 0.836. The predicted molar refractivity (Wildman–Crippen MR) is 63.3 cm³/mol. The first-order valence-corrected chi connectivity index (χ1v) is 5.79. The molecule has 0 radical (unpaired) electrons. The predicted octanol–water partition coefficient (Wildman–Crippen LogP) is 3.64. The van der Waals surface area contributed by atoms with Crippen LogP contribution < -0.4 is 0 Å². The molecule has 2 aromatic rings. The lowest BCUT2D eigenvalue weighted by Gasteiger charge is -2.05. The molecular weight excluding hydrogens is 206 g/mol. The SMILES string of the molecule is CC(C)c1scnc1-c1cccc(O)c1. The molecule has 2 nitrogen and oxygen atoms in total. The largest absolute Gasteiger partial charge is 0.508 e. The van der Waals surface area contributed by atoms with E-state index in [9.17, 15) is 5.11 Å². The topological polar surface area (TPSA) is 33.1 Å². The van der Waals surface area contributed by atoms with Gasteiger partial charge in [0.15, 0.2) is 0 Å². The second-order valence-electron chi connectivity index (χ2n) is 3.77. The van der Waals surface area contributed by atoms with Crippen molar-refractivity contribution >= 4 is 11.3 Å². The van der Waals surface area contributed by atoms with Crippen molar-refractivity contribution in [2.45, 2.75) is 19.8 Å². The molecular formula is C12H13NOS. The van der Waals surface area contributed by atoms with Crippen LogP contribution >= 0.6 is 11.3 Å². The van der Waals surface area contributed by atoms with E-state index in [1.165, 1.54) is 4.88 Å². The van der Waals surface area contributed by atoms with Crippen molar-refractivity contribution in [1.82, 2.24) is 4.98 Å². The van der Waals surface area contributed by atoms with Gasteiger partial charge in [0.25, 0.3) is 0 Å². The maximum Gasteiger partial charge on any atom is 0.116 e. The smallest absolute Gasteiger partial charge is 0.116 e. The number of aromatic nitrogens is 1. The van der Waals surface area contributed by atoms with E-state index in [1.807, 2.05) is 17.6 Å². The van der Waals surface area contributed by atoms with Gasteiger partial charge in [-0.25, -0.2) is 4.98 Å². The number of aromatic hydroxyl groups is 1. The van der Waals surface area contributed by atoms with Gasteiger partial charge in [-0.3, -0.25) is 0 Å². The molecule has 0 aliphatic heterocycles. The van der Waals surface area contributed by atoms with Crippen LogP contribution in [-0.4, -0.2) is 10.1 Å². The number of phenolic OH excluding ortho intramolecular Hbond substituents is 1. The van der Waals surface area contributed by atoms with Gasteiger partial charge in [0.1, 0.15) is 5.75 Å². The molecule has 0 saturated carbocycles. The zero-order valence-electron chi connectivity index (χ0n) is 8.77. The Morgan fingerprint density at radius 3 is 2.80 bits per heavy atom. The van der Waals surface area contributed by atoms with Crippen LogP contribution in [-0.2, 0) is 0 Å². The lowest BCUT2D eigenvalue weighted by molar-refractivity contribution is 0.475. The first kappa shape index (κ1) is 10.2. The van der Waals surface area contributed by atoms with Crippen LogP contribution in [0.5, 0.6) is 5.75 Å². The van der Waals surface area contributed by atoms with Crippen LogP contribution in [0.25, 0.3) is 11.3 Å². The fourth-order valence-electron chi connectivity index (χ4n) is 1.53. The van der Waals surface area contributed by atoms with Crippen molar-refractivity contribution in [3.63, 3.8) is 0 Å². The minimum absolute atomic E-state index is 0.287. The lowest BCUT2D eigenvalue weighted by Crippen LogP contribution is -1.87. The Morgan fingerprint density at radius 1 is 1.33 bits per heavy atom. The van der Waals surface area contributed by atoms with Gasteiger partial charge in [-0.1, -0.05) is 26.0 Å². The average Bonchev–Trinajstić information content (AvgIpc) is 2.65. The summed E-state index contributed by atoms with van der Waals surface area (Å²) in [5, 5.41) is 9.42. The zero-order valence-corrected chi connectivity index (χ0v) is 9.58. The molecule has 1 aromatic carbocycles. The molecule has 0 aliphatic rings. The van der Waals surface area contributed by atoms with Gasteiger partial charge < -0.3 is 5.11 Å². The van der Waals surface area contributed by atoms with E-state index in [2.05, 4.69) is 18.8 Å². The summed E-state index contributed by atoms with van der Waals surface area (Å²) in [5.74, 6) is 0.755. The number of rotatable bonds is 2. The molecule has 0 atom stereocenters. The highest BCUT2D eigenvalue weighted by atomic mass is 32.1. The molecule has 0 saturated heterocycles. The van der Waals surface area contributed by atoms with Gasteiger partial charge in [0.2, 0.25) is 0 Å². The summed E-state index contributed by atoms with van der Waals surface area (Å²) in [6, 6.07) is 7.24.